The van der Waals surface area contributed by atoms with Gasteiger partial charge < -0.3 is 11.1 Å². The molecule has 0 aromatic heterocycles. The molecule has 2 rings (SSSR count). The summed E-state index contributed by atoms with van der Waals surface area (Å²) in [7, 11) is 0. The van der Waals surface area contributed by atoms with E-state index in [2.05, 4.69) is 12.2 Å². The largest absolute Gasteiger partial charge is 0.330 e. The summed E-state index contributed by atoms with van der Waals surface area (Å²) in [6, 6.07) is 0.775. The van der Waals surface area contributed by atoms with Crippen molar-refractivity contribution >= 4 is 0 Å². The lowest BCUT2D eigenvalue weighted by atomic mass is 9.80. The Morgan fingerprint density at radius 3 is 2.35 bits per heavy atom. The number of hydrogen-bond donors (Lipinski definition) is 2. The molecule has 0 amide bonds. The quantitative estimate of drug-likeness (QED) is 0.739. The van der Waals surface area contributed by atoms with E-state index < -0.39 is 0 Å². The number of nitrogens with one attached hydrogen (secondary N) is 1. The minimum absolute atomic E-state index is 0.419. The summed E-state index contributed by atoms with van der Waals surface area (Å²) < 4.78 is 0. The number of rotatable bonds is 4. The van der Waals surface area contributed by atoms with Gasteiger partial charge in [-0.15, -0.1) is 0 Å². The van der Waals surface area contributed by atoms with Gasteiger partial charge in [0, 0.05) is 12.6 Å². The summed E-state index contributed by atoms with van der Waals surface area (Å²) in [5.41, 5.74) is 6.50. The Hall–Kier alpha value is -0.0800. The van der Waals surface area contributed by atoms with Crippen LogP contribution in [0.3, 0.4) is 0 Å². The topological polar surface area (TPSA) is 38.0 Å². The van der Waals surface area contributed by atoms with Crippen LogP contribution >= 0.6 is 0 Å². The highest BCUT2D eigenvalue weighted by Gasteiger charge is 2.31. The zero-order valence-electron chi connectivity index (χ0n) is 11.5. The van der Waals surface area contributed by atoms with E-state index >= 15 is 0 Å². The third-order valence-electron chi connectivity index (χ3n) is 5.06. The van der Waals surface area contributed by atoms with E-state index in [1.165, 1.54) is 64.3 Å². The van der Waals surface area contributed by atoms with E-state index in [0.717, 1.165) is 18.5 Å². The van der Waals surface area contributed by atoms with E-state index in [1.54, 1.807) is 0 Å². The van der Waals surface area contributed by atoms with Gasteiger partial charge in [0.15, 0.2) is 0 Å². The highest BCUT2D eigenvalue weighted by atomic mass is 14.9. The second-order valence-electron chi connectivity index (χ2n) is 6.61. The molecule has 0 radical (unpaired) electrons. The van der Waals surface area contributed by atoms with Gasteiger partial charge in [0.2, 0.25) is 0 Å². The zero-order chi connectivity index (χ0) is 12.1. The lowest BCUT2D eigenvalue weighted by molar-refractivity contribution is 0.231. The molecular formula is C15H30N2. The van der Waals surface area contributed by atoms with Crippen LogP contribution in [0.5, 0.6) is 0 Å². The molecule has 0 spiro atoms. The lowest BCUT2D eigenvalue weighted by Crippen LogP contribution is -2.43. The average molecular weight is 238 g/mol. The van der Waals surface area contributed by atoms with E-state index in [0.29, 0.717) is 5.41 Å². The molecule has 2 atom stereocenters. The van der Waals surface area contributed by atoms with Crippen LogP contribution in [-0.2, 0) is 0 Å². The fourth-order valence-corrected chi connectivity index (χ4v) is 3.68. The van der Waals surface area contributed by atoms with E-state index in [1.807, 2.05) is 0 Å². The van der Waals surface area contributed by atoms with E-state index in [-0.39, 0.29) is 0 Å². The Balaban J connectivity index is 1.81. The number of hydrogen-bond acceptors (Lipinski definition) is 2. The summed E-state index contributed by atoms with van der Waals surface area (Å²) in [5, 5.41) is 3.82. The third kappa shape index (κ3) is 3.69. The first-order chi connectivity index (χ1) is 8.24. The summed E-state index contributed by atoms with van der Waals surface area (Å²) in [4.78, 5) is 0. The minimum atomic E-state index is 0.419. The van der Waals surface area contributed by atoms with Crippen LogP contribution in [0.4, 0.5) is 0 Å². The zero-order valence-corrected chi connectivity index (χ0v) is 11.5. The molecule has 0 aliphatic heterocycles. The van der Waals surface area contributed by atoms with E-state index in [9.17, 15) is 0 Å². The molecule has 100 valence electrons. The van der Waals surface area contributed by atoms with Crippen molar-refractivity contribution in [3.8, 4) is 0 Å². The van der Waals surface area contributed by atoms with Gasteiger partial charge >= 0.3 is 0 Å². The van der Waals surface area contributed by atoms with Crippen molar-refractivity contribution in [1.29, 1.82) is 0 Å². The first-order valence-electron chi connectivity index (χ1n) is 7.68. The van der Waals surface area contributed by atoms with Crippen molar-refractivity contribution in [1.82, 2.24) is 5.32 Å². The molecule has 0 aromatic rings. The SMILES string of the molecule is CC1CCC(NCC2(CN)CCCCCC2)C1. The van der Waals surface area contributed by atoms with Gasteiger partial charge in [0.05, 0.1) is 0 Å². The second-order valence-corrected chi connectivity index (χ2v) is 6.61. The molecule has 17 heavy (non-hydrogen) atoms. The average Bonchev–Trinajstić information content (AvgIpc) is 2.63. The first-order valence-corrected chi connectivity index (χ1v) is 7.68. The maximum Gasteiger partial charge on any atom is 0.00699 e. The molecular weight excluding hydrogens is 208 g/mol. The normalized spacial score (nSPS) is 33.5. The highest BCUT2D eigenvalue weighted by Crippen LogP contribution is 2.34. The van der Waals surface area contributed by atoms with Gasteiger partial charge in [0.1, 0.15) is 0 Å². The Bertz CT molecular complexity index is 219. The van der Waals surface area contributed by atoms with Crippen LogP contribution in [0.25, 0.3) is 0 Å². The van der Waals surface area contributed by atoms with Crippen LogP contribution in [0.1, 0.15) is 64.7 Å². The van der Waals surface area contributed by atoms with Crippen molar-refractivity contribution in [2.45, 2.75) is 70.8 Å². The van der Waals surface area contributed by atoms with Crippen molar-refractivity contribution in [3.05, 3.63) is 0 Å². The molecule has 0 bridgehead atoms. The standard InChI is InChI=1S/C15H30N2/c1-13-6-7-14(10-13)17-12-15(11-16)8-4-2-3-5-9-15/h13-14,17H,2-12,16H2,1H3. The maximum absolute atomic E-state index is 6.08. The van der Waals surface area contributed by atoms with Crippen molar-refractivity contribution in [2.24, 2.45) is 17.1 Å². The molecule has 2 saturated carbocycles. The molecule has 0 saturated heterocycles. The monoisotopic (exact) mass is 238 g/mol. The summed E-state index contributed by atoms with van der Waals surface area (Å²) in [6.45, 7) is 4.43. The molecule has 2 nitrogen and oxygen atoms in total. The molecule has 0 heterocycles. The van der Waals surface area contributed by atoms with Crippen LogP contribution in [0.15, 0.2) is 0 Å². The highest BCUT2D eigenvalue weighted by molar-refractivity contribution is 4.87. The molecule has 2 aliphatic carbocycles. The molecule has 2 heteroatoms. The Labute approximate surface area is 107 Å². The predicted molar refractivity (Wildman–Crippen MR) is 74.0 cm³/mol. The van der Waals surface area contributed by atoms with Crippen LogP contribution < -0.4 is 11.1 Å². The van der Waals surface area contributed by atoms with Gasteiger partial charge in [-0.2, -0.15) is 0 Å². The molecule has 2 fully saturated rings. The summed E-state index contributed by atoms with van der Waals surface area (Å²) in [5.74, 6) is 0.926. The second kappa shape index (κ2) is 6.19. The van der Waals surface area contributed by atoms with Gasteiger partial charge in [0.25, 0.3) is 0 Å². The van der Waals surface area contributed by atoms with Gasteiger partial charge in [-0.3, -0.25) is 0 Å². The van der Waals surface area contributed by atoms with Gasteiger partial charge in [-0.25, -0.2) is 0 Å². The van der Waals surface area contributed by atoms with Gasteiger partial charge in [-0.05, 0) is 50.0 Å². The predicted octanol–water partition coefficient (Wildman–Crippen LogP) is 3.06. The Morgan fingerprint density at radius 1 is 1.12 bits per heavy atom. The molecule has 3 N–H and O–H groups in total. The number of nitrogens with two attached hydrogens (primary N) is 1. The maximum atomic E-state index is 6.08. The van der Waals surface area contributed by atoms with Crippen molar-refractivity contribution in [3.63, 3.8) is 0 Å². The van der Waals surface area contributed by atoms with Gasteiger partial charge in [-0.1, -0.05) is 32.6 Å². The fraction of sp³-hybridized carbons (Fsp3) is 1.00. The van der Waals surface area contributed by atoms with Crippen LogP contribution in [0.2, 0.25) is 0 Å². The first kappa shape index (κ1) is 13.4. The van der Waals surface area contributed by atoms with Crippen molar-refractivity contribution < 1.29 is 0 Å². The lowest BCUT2D eigenvalue weighted by Gasteiger charge is -2.33. The molecule has 2 unspecified atom stereocenters. The molecule has 2 aliphatic rings. The smallest absolute Gasteiger partial charge is 0.00699 e. The third-order valence-corrected chi connectivity index (χ3v) is 5.06. The van der Waals surface area contributed by atoms with Crippen molar-refractivity contribution in [2.75, 3.05) is 13.1 Å². The summed E-state index contributed by atoms with van der Waals surface area (Å²) >= 11 is 0. The fourth-order valence-electron chi connectivity index (χ4n) is 3.68. The minimum Gasteiger partial charge on any atom is -0.330 e. The summed E-state index contributed by atoms with van der Waals surface area (Å²) in [6.07, 6.45) is 12.5. The Kier molecular flexibility index (Phi) is 4.87. The van der Waals surface area contributed by atoms with Crippen LogP contribution in [-0.4, -0.2) is 19.1 Å². The Morgan fingerprint density at radius 2 is 1.82 bits per heavy atom. The molecule has 0 aromatic carbocycles. The van der Waals surface area contributed by atoms with E-state index in [4.69, 9.17) is 5.73 Å². The van der Waals surface area contributed by atoms with Crippen LogP contribution in [0, 0.1) is 11.3 Å².